The molecule has 0 spiro atoms. The molecule has 10 heavy (non-hydrogen) atoms. The van der Waals surface area contributed by atoms with Gasteiger partial charge in [-0.1, -0.05) is 0 Å². The van der Waals surface area contributed by atoms with E-state index in [0.717, 1.165) is 8.93 Å². The Bertz CT molecular complexity index is 167. The van der Waals surface area contributed by atoms with Crippen molar-refractivity contribution >= 4 is 20.0 Å². The van der Waals surface area contributed by atoms with E-state index in [4.69, 9.17) is 11.4 Å². The van der Waals surface area contributed by atoms with E-state index in [1.54, 1.807) is 0 Å². The fourth-order valence-electron chi connectivity index (χ4n) is 0.298. The summed E-state index contributed by atoms with van der Waals surface area (Å²) in [5.41, 5.74) is 5.06. The number of halogens is 1. The van der Waals surface area contributed by atoms with Crippen molar-refractivity contribution in [2.75, 3.05) is 0 Å². The second kappa shape index (κ2) is 4.91. The van der Waals surface area contributed by atoms with E-state index in [9.17, 15) is 9.59 Å². The zero-order chi connectivity index (χ0) is 8.85. The molecule has 3 N–H and O–H groups in total. The Balaban J connectivity index is 3.66. The van der Waals surface area contributed by atoms with Gasteiger partial charge in [-0.3, -0.25) is 0 Å². The summed E-state index contributed by atoms with van der Waals surface area (Å²) in [6.45, 7) is 0. The summed E-state index contributed by atoms with van der Waals surface area (Å²) in [5, 5.41) is 7.97. The van der Waals surface area contributed by atoms with Crippen LogP contribution < -0.4 is 26.7 Å². The van der Waals surface area contributed by atoms with E-state index in [2.05, 4.69) is 0 Å². The molecule has 0 fully saturated rings. The second-order valence-corrected chi connectivity index (χ2v) is 3.53. The molecule has 0 aromatic rings. The third kappa shape index (κ3) is 4.07. The number of aliphatic carboxylic acids is 1. The predicted molar refractivity (Wildman–Crippen MR) is 34.2 cm³/mol. The van der Waals surface area contributed by atoms with Gasteiger partial charge in [-0.05, 0) is 0 Å². The Kier molecular flexibility index (Phi) is 4.07. The number of carbonyl (C=O) groups excluding carboxylic acids is 1. The van der Waals surface area contributed by atoms with Gasteiger partial charge in [0, 0.05) is 0 Å². The average molecular weight is 278 g/mol. The van der Waals surface area contributed by atoms with E-state index in [1.165, 1.54) is 0 Å². The average Bonchev–Trinajstić information content (AvgIpc) is 1.87. The topological polar surface area (TPSA) is 80.4 Å². The van der Waals surface area contributed by atoms with E-state index in [0.29, 0.717) is 0 Å². The standard InChI is InChI=1S/C4H7INO3S/c5-10-3(7)1-2(6)4(8)9/h2,5H,1,6H2,(H,8,9)/q-1/t2-/m0/s1/i5T. The molecule has 0 saturated heterocycles. The molecule has 60 valence electrons. The van der Waals surface area contributed by atoms with Crippen molar-refractivity contribution in [3.05, 3.63) is 0 Å². The molecule has 0 aromatic carbocycles. The molecule has 0 aromatic heterocycles. The molecule has 0 aliphatic rings. The third-order valence-corrected chi connectivity index (χ3v) is 2.60. The molecule has 0 amide bonds. The summed E-state index contributed by atoms with van der Waals surface area (Å²) in [6.07, 6.45) is -0.182. The Labute approximate surface area is 74.6 Å². The first kappa shape index (κ1) is 8.28. The minimum atomic E-state index is -1.18. The summed E-state index contributed by atoms with van der Waals surface area (Å²) in [6, 6.07) is -1.12. The van der Waals surface area contributed by atoms with E-state index >= 15 is 0 Å². The van der Waals surface area contributed by atoms with Crippen LogP contribution in [0.2, 0.25) is 0 Å². The van der Waals surface area contributed by atoms with Gasteiger partial charge in [0.1, 0.15) is 0 Å². The summed E-state index contributed by atoms with van der Waals surface area (Å²) in [4.78, 5) is 20.8. The van der Waals surface area contributed by atoms with Gasteiger partial charge in [-0.25, -0.2) is 0 Å². The fourth-order valence-corrected chi connectivity index (χ4v) is 1.08. The maximum absolute atomic E-state index is 10.7. The van der Waals surface area contributed by atoms with Crippen LogP contribution in [0.1, 0.15) is 6.42 Å². The molecular formula is C4H7INO3S-. The van der Waals surface area contributed by atoms with E-state index < -0.39 is 33.0 Å². The Morgan fingerprint density at radius 2 is 2.50 bits per heavy atom. The number of rotatable bonds is 4. The van der Waals surface area contributed by atoms with Gasteiger partial charge in [-0.2, -0.15) is 0 Å². The van der Waals surface area contributed by atoms with Gasteiger partial charge in [0.15, 0.2) is 0 Å². The van der Waals surface area contributed by atoms with Crippen LogP contribution in [0.5, 0.6) is 0 Å². The van der Waals surface area contributed by atoms with Crippen molar-refractivity contribution in [1.82, 2.24) is 0 Å². The number of carboxylic acid groups (broad SMARTS) is 1. The van der Waals surface area contributed by atoms with Crippen molar-refractivity contribution in [1.29, 1.82) is 0.594 Å². The molecule has 0 bridgehead atoms. The van der Waals surface area contributed by atoms with Gasteiger partial charge in [0.25, 0.3) is 0 Å². The van der Waals surface area contributed by atoms with Gasteiger partial charge in [0.05, 0.1) is 0 Å². The first-order chi connectivity index (χ1) is 5.07. The molecule has 1 atom stereocenters. The molecule has 0 heterocycles. The Hall–Kier alpha value is 0.180. The van der Waals surface area contributed by atoms with Gasteiger partial charge in [0.2, 0.25) is 0 Å². The molecule has 4 nitrogen and oxygen atoms in total. The van der Waals surface area contributed by atoms with Crippen LogP contribution in [-0.2, 0) is 9.59 Å². The van der Waals surface area contributed by atoms with Gasteiger partial charge in [-0.15, -0.1) is 0 Å². The molecule has 0 unspecified atom stereocenters. The van der Waals surface area contributed by atoms with Crippen molar-refractivity contribution < 1.29 is 35.7 Å². The number of carboxylic acids is 1. The summed E-state index contributed by atoms with van der Waals surface area (Å²) in [7, 11) is 0.871. The van der Waals surface area contributed by atoms with E-state index in [1.807, 2.05) is 0 Å². The van der Waals surface area contributed by atoms with Crippen LogP contribution in [-0.4, -0.2) is 22.8 Å². The molecule has 0 saturated carbocycles. The van der Waals surface area contributed by atoms with Crippen molar-refractivity contribution in [2.45, 2.75) is 12.5 Å². The second-order valence-electron chi connectivity index (χ2n) is 1.60. The number of hydrogen-bond acceptors (Lipinski definition) is 4. The van der Waals surface area contributed by atoms with Gasteiger partial charge < -0.3 is 0 Å². The van der Waals surface area contributed by atoms with Crippen molar-refractivity contribution in [3.8, 4) is 0 Å². The zero-order valence-electron chi connectivity index (χ0n) is 5.91. The summed E-state index contributed by atoms with van der Waals surface area (Å²) < 4.78 is 6.75. The van der Waals surface area contributed by atoms with Crippen LogP contribution in [0.3, 0.4) is 0 Å². The molecule has 0 aliphatic carbocycles. The summed E-state index contributed by atoms with van der Waals surface area (Å²) in [5.74, 6) is -1.18. The van der Waals surface area contributed by atoms with Crippen LogP contribution in [0.25, 0.3) is 0 Å². The number of hydrogen-bond donors (Lipinski definition) is 2. The predicted octanol–water partition coefficient (Wildman–Crippen LogP) is -3.75. The van der Waals surface area contributed by atoms with E-state index in [-0.39, 0.29) is 11.5 Å². The number of nitrogens with two attached hydrogens (primary N) is 1. The normalized spacial score (nSPS) is 14.3. The van der Waals surface area contributed by atoms with Gasteiger partial charge >= 0.3 is 74.5 Å². The van der Waals surface area contributed by atoms with Crippen LogP contribution in [0, 0.1) is 0 Å². The third-order valence-electron chi connectivity index (χ3n) is 0.790. The first-order valence-electron chi connectivity index (χ1n) is 2.75. The van der Waals surface area contributed by atoms with Crippen molar-refractivity contribution in [3.63, 3.8) is 0 Å². The van der Waals surface area contributed by atoms with Crippen LogP contribution >= 0.6 is 8.93 Å². The monoisotopic (exact) mass is 278 g/mol. The Morgan fingerprint density at radius 3 is 2.90 bits per heavy atom. The molecule has 0 rings (SSSR count). The molecule has 0 aliphatic heterocycles. The quantitative estimate of drug-likeness (QED) is 0.516. The zero-order valence-corrected chi connectivity index (χ0v) is 7.89. The maximum atomic E-state index is 10.7. The number of carbonyl (C=O) groups is 2. The minimum absolute atomic E-state index is 0.182. The molecular weight excluding hydrogens is 269 g/mol. The van der Waals surface area contributed by atoms with Crippen LogP contribution in [0.4, 0.5) is 0 Å². The Morgan fingerprint density at radius 1 is 1.90 bits per heavy atom. The summed E-state index contributed by atoms with van der Waals surface area (Å²) >= 11 is -0.916. The van der Waals surface area contributed by atoms with Crippen molar-refractivity contribution in [2.24, 2.45) is 5.73 Å². The molecule has 0 radical (unpaired) electrons. The first-order valence-corrected chi connectivity index (χ1v) is 5.73. The molecule has 6 heteroatoms. The van der Waals surface area contributed by atoms with Crippen LogP contribution in [0.15, 0.2) is 0 Å². The SMILES string of the molecule is [3H][I-]SC(=O)C[C@H](N)C(=O)O. The fraction of sp³-hybridized carbons (Fsp3) is 0.500.